The number of nitrogens with one attached hydrogen (secondary N) is 1. The largest absolute Gasteiger partial charge is 0.493 e. The van der Waals surface area contributed by atoms with Crippen molar-refractivity contribution in [3.63, 3.8) is 0 Å². The van der Waals surface area contributed by atoms with Crippen LogP contribution in [0.15, 0.2) is 65.6 Å². The molecule has 37 heavy (non-hydrogen) atoms. The maximum atomic E-state index is 13.2. The summed E-state index contributed by atoms with van der Waals surface area (Å²) >= 11 is 6.78. The Morgan fingerprint density at radius 1 is 1.08 bits per heavy atom. The van der Waals surface area contributed by atoms with Crippen molar-refractivity contribution in [3.05, 3.63) is 87.8 Å². The second kappa shape index (κ2) is 11.6. The van der Waals surface area contributed by atoms with Gasteiger partial charge in [-0.25, -0.2) is 0 Å². The number of benzene rings is 3. The lowest BCUT2D eigenvalue weighted by molar-refractivity contribution is -0.118. The number of hydrogen-bond donors (Lipinski definition) is 1. The van der Waals surface area contributed by atoms with Crippen LogP contribution >= 0.6 is 24.0 Å². The fraction of sp³-hybridized carbons (Fsp3) is 0.207. The van der Waals surface area contributed by atoms with Crippen LogP contribution in [0.2, 0.25) is 0 Å². The molecule has 0 saturated carbocycles. The zero-order chi connectivity index (χ0) is 26.5. The van der Waals surface area contributed by atoms with E-state index in [4.69, 9.17) is 21.7 Å². The van der Waals surface area contributed by atoms with Gasteiger partial charge in [-0.3, -0.25) is 14.5 Å². The molecule has 0 atom stereocenters. The van der Waals surface area contributed by atoms with Gasteiger partial charge in [0, 0.05) is 5.69 Å². The van der Waals surface area contributed by atoms with Crippen LogP contribution in [0.4, 0.5) is 11.4 Å². The van der Waals surface area contributed by atoms with Crippen molar-refractivity contribution in [2.45, 2.75) is 27.2 Å². The molecule has 0 radical (unpaired) electrons. The molecule has 0 bridgehead atoms. The standard InChI is InChI=1S/C29H28N2O4S2/c1-5-21-8-6-7-9-22(21)30-27(32)17-35-24-13-11-20(15-25(24)34-4)16-26-28(33)31(29(36)37-26)23-12-10-18(2)14-19(23)3/h6-16H,5,17H2,1-4H3,(H,30,32)/b26-16-. The average molecular weight is 533 g/mol. The van der Waals surface area contributed by atoms with Gasteiger partial charge in [-0.2, -0.15) is 0 Å². The fourth-order valence-electron chi connectivity index (χ4n) is 4.06. The van der Waals surface area contributed by atoms with Gasteiger partial charge in [0.05, 0.1) is 17.7 Å². The molecule has 0 aromatic heterocycles. The number of rotatable bonds is 8. The van der Waals surface area contributed by atoms with Crippen LogP contribution in [0.5, 0.6) is 11.5 Å². The molecule has 190 valence electrons. The third-order valence-corrected chi connectivity index (χ3v) is 7.21. The number of para-hydroxylation sites is 1. The molecule has 6 nitrogen and oxygen atoms in total. The molecule has 1 saturated heterocycles. The molecule has 0 aliphatic carbocycles. The Kier molecular flexibility index (Phi) is 8.31. The average Bonchev–Trinajstić information content (AvgIpc) is 3.15. The van der Waals surface area contributed by atoms with Crippen molar-refractivity contribution in [1.82, 2.24) is 0 Å². The van der Waals surface area contributed by atoms with E-state index < -0.39 is 0 Å². The highest BCUT2D eigenvalue weighted by molar-refractivity contribution is 8.27. The minimum Gasteiger partial charge on any atom is -0.493 e. The van der Waals surface area contributed by atoms with Crippen LogP contribution in [-0.2, 0) is 16.0 Å². The molecular formula is C29H28N2O4S2. The number of carbonyl (C=O) groups excluding carboxylic acids is 2. The molecule has 1 aliphatic heterocycles. The molecule has 1 heterocycles. The zero-order valence-corrected chi connectivity index (χ0v) is 22.8. The Bertz CT molecular complexity index is 1400. The molecule has 1 fully saturated rings. The molecule has 4 rings (SSSR count). The second-order valence-corrected chi connectivity index (χ2v) is 10.2. The summed E-state index contributed by atoms with van der Waals surface area (Å²) in [4.78, 5) is 27.8. The van der Waals surface area contributed by atoms with E-state index in [0.29, 0.717) is 20.7 Å². The van der Waals surface area contributed by atoms with Crippen LogP contribution in [-0.4, -0.2) is 29.9 Å². The molecule has 2 amide bonds. The van der Waals surface area contributed by atoms with E-state index in [1.54, 1.807) is 23.1 Å². The molecule has 3 aromatic carbocycles. The number of carbonyl (C=O) groups is 2. The van der Waals surface area contributed by atoms with Gasteiger partial charge in [0.25, 0.3) is 11.8 Å². The number of hydrogen-bond acceptors (Lipinski definition) is 6. The number of anilines is 2. The van der Waals surface area contributed by atoms with Gasteiger partial charge in [0.15, 0.2) is 22.4 Å². The van der Waals surface area contributed by atoms with Crippen LogP contribution in [0, 0.1) is 13.8 Å². The summed E-state index contributed by atoms with van der Waals surface area (Å²) in [5.41, 5.74) is 5.49. The van der Waals surface area contributed by atoms with Crippen molar-refractivity contribution in [2.24, 2.45) is 0 Å². The first-order valence-corrected chi connectivity index (χ1v) is 13.1. The zero-order valence-electron chi connectivity index (χ0n) is 21.2. The van der Waals surface area contributed by atoms with Crippen molar-refractivity contribution in [3.8, 4) is 11.5 Å². The highest BCUT2D eigenvalue weighted by Crippen LogP contribution is 2.38. The van der Waals surface area contributed by atoms with Crippen molar-refractivity contribution in [2.75, 3.05) is 23.9 Å². The fourth-order valence-corrected chi connectivity index (χ4v) is 5.34. The summed E-state index contributed by atoms with van der Waals surface area (Å²) < 4.78 is 11.7. The van der Waals surface area contributed by atoms with Crippen LogP contribution < -0.4 is 19.7 Å². The highest BCUT2D eigenvalue weighted by atomic mass is 32.2. The summed E-state index contributed by atoms with van der Waals surface area (Å²) in [5.74, 6) is 0.467. The second-order valence-electron chi connectivity index (χ2n) is 8.56. The Labute approximate surface area is 226 Å². The predicted molar refractivity (Wildman–Crippen MR) is 155 cm³/mol. The summed E-state index contributed by atoms with van der Waals surface area (Å²) in [6, 6.07) is 18.9. The van der Waals surface area contributed by atoms with Gasteiger partial charge in [-0.05, 0) is 67.3 Å². The van der Waals surface area contributed by atoms with E-state index in [1.807, 2.05) is 69.3 Å². The summed E-state index contributed by atoms with van der Waals surface area (Å²) in [6.07, 6.45) is 2.60. The molecule has 8 heteroatoms. The lowest BCUT2D eigenvalue weighted by Crippen LogP contribution is -2.28. The Morgan fingerprint density at radius 2 is 1.86 bits per heavy atom. The van der Waals surface area contributed by atoms with Gasteiger partial charge in [0.1, 0.15) is 0 Å². The van der Waals surface area contributed by atoms with Crippen LogP contribution in [0.25, 0.3) is 6.08 Å². The topological polar surface area (TPSA) is 67.9 Å². The van der Waals surface area contributed by atoms with E-state index in [2.05, 4.69) is 5.32 Å². The number of thiocarbonyl (C=S) groups is 1. The van der Waals surface area contributed by atoms with Gasteiger partial charge in [0.2, 0.25) is 0 Å². The van der Waals surface area contributed by atoms with Gasteiger partial charge < -0.3 is 14.8 Å². The maximum Gasteiger partial charge on any atom is 0.270 e. The number of thioether (sulfide) groups is 1. The normalized spacial score (nSPS) is 14.3. The highest BCUT2D eigenvalue weighted by Gasteiger charge is 2.34. The number of methoxy groups -OCH3 is 1. The molecule has 1 aliphatic rings. The summed E-state index contributed by atoms with van der Waals surface area (Å²) in [7, 11) is 1.53. The monoisotopic (exact) mass is 532 g/mol. The Balaban J connectivity index is 1.47. The molecule has 0 spiro atoms. The minimum atomic E-state index is -0.262. The Morgan fingerprint density at radius 3 is 2.59 bits per heavy atom. The van der Waals surface area contributed by atoms with E-state index in [9.17, 15) is 9.59 Å². The first-order valence-electron chi connectivity index (χ1n) is 11.8. The van der Waals surface area contributed by atoms with Crippen LogP contribution in [0.3, 0.4) is 0 Å². The van der Waals surface area contributed by atoms with Crippen LogP contribution in [0.1, 0.15) is 29.2 Å². The molecule has 1 N–H and O–H groups in total. The quantitative estimate of drug-likeness (QED) is 0.271. The van der Waals surface area contributed by atoms with E-state index in [1.165, 1.54) is 18.9 Å². The number of ether oxygens (including phenoxy) is 2. The maximum absolute atomic E-state index is 13.2. The number of nitrogens with zero attached hydrogens (tertiary/aromatic N) is 1. The van der Waals surface area contributed by atoms with Crippen molar-refractivity contribution in [1.29, 1.82) is 0 Å². The smallest absolute Gasteiger partial charge is 0.270 e. The first-order chi connectivity index (χ1) is 17.8. The van der Waals surface area contributed by atoms with E-state index >= 15 is 0 Å². The first kappa shape index (κ1) is 26.4. The lowest BCUT2D eigenvalue weighted by Gasteiger charge is -2.17. The number of amides is 2. The third kappa shape index (κ3) is 6.03. The van der Waals surface area contributed by atoms with Gasteiger partial charge >= 0.3 is 0 Å². The lowest BCUT2D eigenvalue weighted by atomic mass is 10.1. The summed E-state index contributed by atoms with van der Waals surface area (Å²) in [6.45, 7) is 5.86. The number of aryl methyl sites for hydroxylation is 3. The summed E-state index contributed by atoms with van der Waals surface area (Å²) in [5, 5.41) is 2.89. The Hall–Kier alpha value is -3.62. The van der Waals surface area contributed by atoms with Gasteiger partial charge in [-0.15, -0.1) is 0 Å². The molecule has 0 unspecified atom stereocenters. The van der Waals surface area contributed by atoms with E-state index in [0.717, 1.165) is 40.0 Å². The minimum absolute atomic E-state index is 0.162. The SMILES string of the molecule is CCc1ccccc1NC(=O)COc1ccc(/C=C2\SC(=S)N(c3ccc(C)cc3C)C2=O)cc1OC. The molecular weight excluding hydrogens is 504 g/mol. The van der Waals surface area contributed by atoms with E-state index in [-0.39, 0.29) is 18.4 Å². The van der Waals surface area contributed by atoms with Crippen molar-refractivity contribution >= 4 is 57.6 Å². The van der Waals surface area contributed by atoms with Crippen molar-refractivity contribution < 1.29 is 19.1 Å². The third-order valence-electron chi connectivity index (χ3n) is 5.90. The predicted octanol–water partition coefficient (Wildman–Crippen LogP) is 6.30. The van der Waals surface area contributed by atoms with Gasteiger partial charge in [-0.1, -0.05) is 72.9 Å². The molecule has 3 aromatic rings.